The first-order valence-corrected chi connectivity index (χ1v) is 9.57. The molecule has 0 aliphatic carbocycles. The summed E-state index contributed by atoms with van der Waals surface area (Å²) in [4.78, 5) is 0. The first kappa shape index (κ1) is 15.4. The predicted molar refractivity (Wildman–Crippen MR) is 81.3 cm³/mol. The van der Waals surface area contributed by atoms with E-state index in [1.165, 1.54) is 5.56 Å². The minimum atomic E-state index is -1.66. The summed E-state index contributed by atoms with van der Waals surface area (Å²) < 4.78 is 6.14. The Kier molecular flexibility index (Phi) is 5.14. The number of rotatable bonds is 5. The molecule has 1 rings (SSSR count). The van der Waals surface area contributed by atoms with Crippen LogP contribution in [0, 0.1) is 0 Å². The van der Waals surface area contributed by atoms with Crippen molar-refractivity contribution in [2.45, 2.75) is 51.4 Å². The summed E-state index contributed by atoms with van der Waals surface area (Å²) >= 11 is 0. The average Bonchev–Trinajstić information content (AvgIpc) is 2.26. The molecule has 0 heterocycles. The maximum atomic E-state index is 6.15. The van der Waals surface area contributed by atoms with Gasteiger partial charge in [-0.2, -0.15) is 0 Å². The maximum Gasteiger partial charge on any atom is 0.192 e. The molecule has 0 saturated heterocycles. The summed E-state index contributed by atoms with van der Waals surface area (Å²) in [6.07, 6.45) is 0.884. The standard InChI is InChI=1S/C15H27NOSi/c1-15(2,3)18(4,5)17-12-14(16)11-13-9-7-6-8-10-13/h6-10,14H,11-12,16H2,1-5H3/t14-/m1/s1. The Hall–Kier alpha value is -0.643. The lowest BCUT2D eigenvalue weighted by Crippen LogP contribution is -2.44. The van der Waals surface area contributed by atoms with Crippen LogP contribution in [0.25, 0.3) is 0 Å². The highest BCUT2D eigenvalue weighted by Gasteiger charge is 2.37. The third-order valence-electron chi connectivity index (χ3n) is 3.81. The molecule has 0 fully saturated rings. The first-order chi connectivity index (χ1) is 8.22. The van der Waals surface area contributed by atoms with E-state index in [1.807, 2.05) is 6.07 Å². The lowest BCUT2D eigenvalue weighted by Gasteiger charge is -2.37. The van der Waals surface area contributed by atoms with Crippen LogP contribution in [-0.2, 0) is 10.8 Å². The molecule has 0 saturated carbocycles. The summed E-state index contributed by atoms with van der Waals surface area (Å²) in [5.41, 5.74) is 7.43. The zero-order valence-corrected chi connectivity index (χ0v) is 13.4. The molecule has 0 unspecified atom stereocenters. The number of benzene rings is 1. The van der Waals surface area contributed by atoms with Gasteiger partial charge in [-0.05, 0) is 30.1 Å². The quantitative estimate of drug-likeness (QED) is 0.826. The fourth-order valence-corrected chi connectivity index (χ4v) is 2.57. The van der Waals surface area contributed by atoms with E-state index >= 15 is 0 Å². The molecular formula is C15H27NOSi. The molecule has 0 aromatic heterocycles. The van der Waals surface area contributed by atoms with Gasteiger partial charge in [-0.3, -0.25) is 0 Å². The van der Waals surface area contributed by atoms with Gasteiger partial charge >= 0.3 is 0 Å². The van der Waals surface area contributed by atoms with Gasteiger partial charge in [-0.1, -0.05) is 51.1 Å². The van der Waals surface area contributed by atoms with E-state index in [-0.39, 0.29) is 11.1 Å². The summed E-state index contributed by atoms with van der Waals surface area (Å²) in [5.74, 6) is 0. The smallest absolute Gasteiger partial charge is 0.192 e. The predicted octanol–water partition coefficient (Wildman–Crippen LogP) is 3.58. The second-order valence-corrected chi connectivity index (χ2v) is 11.3. The van der Waals surface area contributed by atoms with Crippen LogP contribution in [0.2, 0.25) is 18.1 Å². The summed E-state index contributed by atoms with van der Waals surface area (Å²) in [5, 5.41) is 0.249. The van der Waals surface area contributed by atoms with Crippen LogP contribution in [0.1, 0.15) is 26.3 Å². The Morgan fingerprint density at radius 3 is 2.22 bits per heavy atom. The van der Waals surface area contributed by atoms with Gasteiger partial charge in [0.15, 0.2) is 8.32 Å². The van der Waals surface area contributed by atoms with E-state index in [1.54, 1.807) is 0 Å². The topological polar surface area (TPSA) is 35.2 Å². The van der Waals surface area contributed by atoms with Crippen LogP contribution >= 0.6 is 0 Å². The van der Waals surface area contributed by atoms with Crippen molar-refractivity contribution in [3.63, 3.8) is 0 Å². The van der Waals surface area contributed by atoms with Crippen LogP contribution < -0.4 is 5.73 Å². The van der Waals surface area contributed by atoms with Crippen molar-refractivity contribution >= 4 is 8.32 Å². The first-order valence-electron chi connectivity index (χ1n) is 6.66. The van der Waals surface area contributed by atoms with E-state index in [2.05, 4.69) is 58.1 Å². The molecule has 0 aliphatic rings. The van der Waals surface area contributed by atoms with E-state index in [4.69, 9.17) is 10.2 Å². The molecule has 0 bridgehead atoms. The van der Waals surface area contributed by atoms with Crippen LogP contribution in [0.4, 0.5) is 0 Å². The Bertz CT molecular complexity index is 357. The summed E-state index contributed by atoms with van der Waals surface area (Å²) in [6, 6.07) is 10.5. The average molecular weight is 265 g/mol. The zero-order valence-electron chi connectivity index (χ0n) is 12.4. The SMILES string of the molecule is CC(C)(C)[Si](C)(C)OC[C@H](N)Cc1ccccc1. The van der Waals surface area contributed by atoms with Crippen LogP contribution in [0.15, 0.2) is 30.3 Å². The normalized spacial score (nSPS) is 14.6. The van der Waals surface area contributed by atoms with Crippen molar-refractivity contribution in [3.05, 3.63) is 35.9 Å². The van der Waals surface area contributed by atoms with Crippen molar-refractivity contribution in [1.29, 1.82) is 0 Å². The fourth-order valence-electron chi connectivity index (χ4n) is 1.51. The van der Waals surface area contributed by atoms with Gasteiger partial charge < -0.3 is 10.2 Å². The molecule has 0 amide bonds. The Morgan fingerprint density at radius 2 is 1.72 bits per heavy atom. The molecule has 0 spiro atoms. The van der Waals surface area contributed by atoms with Gasteiger partial charge in [-0.15, -0.1) is 0 Å². The molecule has 0 radical (unpaired) electrons. The summed E-state index contributed by atoms with van der Waals surface area (Å²) in [7, 11) is -1.66. The van der Waals surface area contributed by atoms with E-state index in [9.17, 15) is 0 Å². The highest BCUT2D eigenvalue weighted by atomic mass is 28.4. The van der Waals surface area contributed by atoms with Crippen LogP contribution in [0.3, 0.4) is 0 Å². The molecule has 18 heavy (non-hydrogen) atoms. The minimum absolute atomic E-state index is 0.0847. The molecule has 3 heteroatoms. The van der Waals surface area contributed by atoms with Crippen molar-refractivity contribution in [1.82, 2.24) is 0 Å². The largest absolute Gasteiger partial charge is 0.415 e. The van der Waals surface area contributed by atoms with Crippen molar-refractivity contribution in [3.8, 4) is 0 Å². The third kappa shape index (κ3) is 4.56. The van der Waals surface area contributed by atoms with Gasteiger partial charge in [-0.25, -0.2) is 0 Å². The van der Waals surface area contributed by atoms with Crippen LogP contribution in [0.5, 0.6) is 0 Å². The lowest BCUT2D eigenvalue weighted by atomic mass is 10.1. The minimum Gasteiger partial charge on any atom is -0.415 e. The second-order valence-electron chi connectivity index (χ2n) is 6.52. The number of nitrogens with two attached hydrogens (primary N) is 1. The van der Waals surface area contributed by atoms with Gasteiger partial charge in [0.25, 0.3) is 0 Å². The Labute approximate surface area is 113 Å². The fraction of sp³-hybridized carbons (Fsp3) is 0.600. The molecule has 2 nitrogen and oxygen atoms in total. The lowest BCUT2D eigenvalue weighted by molar-refractivity contribution is 0.262. The van der Waals surface area contributed by atoms with Crippen molar-refractivity contribution in [2.24, 2.45) is 5.73 Å². The molecule has 102 valence electrons. The van der Waals surface area contributed by atoms with Gasteiger partial charge in [0.1, 0.15) is 0 Å². The monoisotopic (exact) mass is 265 g/mol. The zero-order chi connectivity index (χ0) is 13.8. The van der Waals surface area contributed by atoms with Gasteiger partial charge in [0, 0.05) is 12.6 Å². The van der Waals surface area contributed by atoms with E-state index < -0.39 is 8.32 Å². The molecule has 2 N–H and O–H groups in total. The summed E-state index contributed by atoms with van der Waals surface area (Å²) in [6.45, 7) is 11.9. The van der Waals surface area contributed by atoms with Gasteiger partial charge in [0.05, 0.1) is 0 Å². The van der Waals surface area contributed by atoms with Crippen LogP contribution in [-0.4, -0.2) is 21.0 Å². The molecule has 0 aliphatic heterocycles. The Balaban J connectivity index is 2.45. The Morgan fingerprint density at radius 1 is 1.17 bits per heavy atom. The third-order valence-corrected chi connectivity index (χ3v) is 8.31. The maximum absolute atomic E-state index is 6.15. The molecule has 1 atom stereocenters. The molecule has 1 aromatic carbocycles. The van der Waals surface area contributed by atoms with E-state index in [0.29, 0.717) is 6.61 Å². The highest BCUT2D eigenvalue weighted by molar-refractivity contribution is 6.74. The van der Waals surface area contributed by atoms with Gasteiger partial charge in [0.2, 0.25) is 0 Å². The number of hydrogen-bond acceptors (Lipinski definition) is 2. The second kappa shape index (κ2) is 6.00. The van der Waals surface area contributed by atoms with Crippen molar-refractivity contribution < 1.29 is 4.43 Å². The van der Waals surface area contributed by atoms with Crippen molar-refractivity contribution in [2.75, 3.05) is 6.61 Å². The molecule has 1 aromatic rings. The number of hydrogen-bond donors (Lipinski definition) is 1. The highest BCUT2D eigenvalue weighted by Crippen LogP contribution is 2.36. The van der Waals surface area contributed by atoms with E-state index in [0.717, 1.165) is 6.42 Å². The molecular weight excluding hydrogens is 238 g/mol.